The van der Waals surface area contributed by atoms with Crippen LogP contribution in [0.1, 0.15) is 63.5 Å². The molecule has 1 aliphatic heterocycles. The molecule has 190 valence electrons. The van der Waals surface area contributed by atoms with E-state index >= 15 is 0 Å². The lowest BCUT2D eigenvalue weighted by atomic mass is 9.71. The molecule has 4 rings (SSSR count). The maximum absolute atomic E-state index is 12.7. The fourth-order valence-electron chi connectivity index (χ4n) is 5.47. The normalized spacial score (nSPS) is 23.0. The number of carbonyl (C=O) groups is 2. The SMILES string of the molecule is CCCc1cc(=O)oc2c(C)c(OC(C)C(=O)NCC(=O)N3CCC4(O)CCCCC4C3)ccc12. The number of aryl methyl sites for hydroxylation is 2. The molecule has 1 saturated carbocycles. The van der Waals surface area contributed by atoms with Gasteiger partial charge in [-0.2, -0.15) is 0 Å². The van der Waals surface area contributed by atoms with Gasteiger partial charge in [-0.25, -0.2) is 4.79 Å². The molecule has 2 aromatic rings. The number of amides is 2. The number of nitrogens with one attached hydrogen (secondary N) is 1. The minimum absolute atomic E-state index is 0.108. The molecule has 0 bridgehead atoms. The summed E-state index contributed by atoms with van der Waals surface area (Å²) in [6.07, 6.45) is 5.29. The van der Waals surface area contributed by atoms with Crippen molar-refractivity contribution in [2.45, 2.75) is 77.4 Å². The quantitative estimate of drug-likeness (QED) is 0.585. The van der Waals surface area contributed by atoms with Gasteiger partial charge in [-0.3, -0.25) is 9.59 Å². The van der Waals surface area contributed by atoms with Gasteiger partial charge in [0.05, 0.1) is 12.1 Å². The van der Waals surface area contributed by atoms with E-state index in [2.05, 4.69) is 12.2 Å². The highest BCUT2D eigenvalue weighted by atomic mass is 16.5. The van der Waals surface area contributed by atoms with E-state index in [1.165, 1.54) is 6.07 Å². The summed E-state index contributed by atoms with van der Waals surface area (Å²) in [7, 11) is 0. The van der Waals surface area contributed by atoms with E-state index in [1.807, 2.05) is 6.07 Å². The van der Waals surface area contributed by atoms with Gasteiger partial charge < -0.3 is 24.5 Å². The summed E-state index contributed by atoms with van der Waals surface area (Å²) in [5.41, 5.74) is 1.00. The van der Waals surface area contributed by atoms with Gasteiger partial charge in [0.1, 0.15) is 11.3 Å². The second-order valence-electron chi connectivity index (χ2n) is 10.0. The highest BCUT2D eigenvalue weighted by Gasteiger charge is 2.43. The van der Waals surface area contributed by atoms with Crippen molar-refractivity contribution < 1.29 is 23.8 Å². The van der Waals surface area contributed by atoms with Crippen LogP contribution in [0.3, 0.4) is 0 Å². The second kappa shape index (κ2) is 10.4. The number of fused-ring (bicyclic) bond motifs is 2. The lowest BCUT2D eigenvalue weighted by Gasteiger charge is -2.47. The average molecular weight is 485 g/mol. The van der Waals surface area contributed by atoms with Crippen LogP contribution in [0.2, 0.25) is 0 Å². The van der Waals surface area contributed by atoms with E-state index in [0.29, 0.717) is 36.4 Å². The molecule has 0 radical (unpaired) electrons. The van der Waals surface area contributed by atoms with Crippen LogP contribution in [0.4, 0.5) is 0 Å². The van der Waals surface area contributed by atoms with Crippen molar-refractivity contribution in [3.8, 4) is 5.75 Å². The minimum atomic E-state index is -0.839. The molecule has 1 aromatic carbocycles. The van der Waals surface area contributed by atoms with E-state index in [1.54, 1.807) is 24.8 Å². The number of likely N-dealkylation sites (tertiary alicyclic amines) is 1. The van der Waals surface area contributed by atoms with Crippen LogP contribution in [0, 0.1) is 12.8 Å². The molecule has 2 N–H and O–H groups in total. The highest BCUT2D eigenvalue weighted by molar-refractivity contribution is 5.88. The van der Waals surface area contributed by atoms with E-state index in [9.17, 15) is 19.5 Å². The number of piperidine rings is 1. The first kappa shape index (κ1) is 25.2. The van der Waals surface area contributed by atoms with Gasteiger partial charge in [0.15, 0.2) is 6.10 Å². The third-order valence-electron chi connectivity index (χ3n) is 7.58. The monoisotopic (exact) mass is 484 g/mol. The summed E-state index contributed by atoms with van der Waals surface area (Å²) in [6.45, 7) is 6.41. The Kier molecular flexibility index (Phi) is 7.50. The fraction of sp³-hybridized carbons (Fsp3) is 0.593. The number of nitrogens with zero attached hydrogens (tertiary/aromatic N) is 1. The van der Waals surface area contributed by atoms with E-state index in [0.717, 1.165) is 49.5 Å². The zero-order chi connectivity index (χ0) is 25.2. The maximum atomic E-state index is 12.7. The van der Waals surface area contributed by atoms with Gasteiger partial charge in [0.25, 0.3) is 5.91 Å². The van der Waals surface area contributed by atoms with Crippen LogP contribution in [0.15, 0.2) is 27.4 Å². The van der Waals surface area contributed by atoms with Gasteiger partial charge in [0, 0.05) is 36.0 Å². The molecule has 8 heteroatoms. The maximum Gasteiger partial charge on any atom is 0.336 e. The molecule has 3 unspecified atom stereocenters. The second-order valence-corrected chi connectivity index (χ2v) is 10.0. The number of aliphatic hydroxyl groups is 1. The zero-order valence-electron chi connectivity index (χ0n) is 20.9. The predicted octanol–water partition coefficient (Wildman–Crippen LogP) is 3.09. The molecule has 0 spiro atoms. The van der Waals surface area contributed by atoms with Gasteiger partial charge in [-0.05, 0) is 57.2 Å². The summed E-state index contributed by atoms with van der Waals surface area (Å²) in [5, 5.41) is 14.4. The number of hydrogen-bond acceptors (Lipinski definition) is 6. The third-order valence-corrected chi connectivity index (χ3v) is 7.58. The van der Waals surface area contributed by atoms with E-state index in [-0.39, 0.29) is 18.4 Å². The Bertz CT molecular complexity index is 1160. The van der Waals surface area contributed by atoms with Crippen LogP contribution in [-0.4, -0.2) is 53.2 Å². The smallest absolute Gasteiger partial charge is 0.336 e. The largest absolute Gasteiger partial charge is 0.480 e. The molecule has 2 aliphatic rings. The molecule has 1 aromatic heterocycles. The minimum Gasteiger partial charge on any atom is -0.480 e. The van der Waals surface area contributed by atoms with Crippen molar-refractivity contribution in [3.05, 3.63) is 39.7 Å². The number of hydrogen-bond donors (Lipinski definition) is 2. The van der Waals surface area contributed by atoms with Gasteiger partial charge >= 0.3 is 5.63 Å². The lowest BCUT2D eigenvalue weighted by molar-refractivity contribution is -0.144. The van der Waals surface area contributed by atoms with Crippen LogP contribution in [-0.2, 0) is 16.0 Å². The van der Waals surface area contributed by atoms with Crippen LogP contribution in [0.5, 0.6) is 5.75 Å². The summed E-state index contributed by atoms with van der Waals surface area (Å²) in [6, 6.07) is 5.16. The van der Waals surface area contributed by atoms with Crippen LogP contribution < -0.4 is 15.7 Å². The molecule has 8 nitrogen and oxygen atoms in total. The zero-order valence-corrected chi connectivity index (χ0v) is 20.9. The first-order valence-electron chi connectivity index (χ1n) is 12.7. The van der Waals surface area contributed by atoms with Crippen LogP contribution in [0.25, 0.3) is 11.0 Å². The number of benzene rings is 1. The van der Waals surface area contributed by atoms with Crippen LogP contribution >= 0.6 is 0 Å². The molecular weight excluding hydrogens is 448 g/mol. The number of carbonyl (C=O) groups excluding carboxylic acids is 2. The lowest BCUT2D eigenvalue weighted by Crippen LogP contribution is -2.56. The average Bonchev–Trinajstić information content (AvgIpc) is 2.83. The Balaban J connectivity index is 1.36. The Morgan fingerprint density at radius 1 is 1.31 bits per heavy atom. The fourth-order valence-corrected chi connectivity index (χ4v) is 5.47. The number of ether oxygens (including phenoxy) is 1. The van der Waals surface area contributed by atoms with Gasteiger partial charge in [-0.15, -0.1) is 0 Å². The summed E-state index contributed by atoms with van der Waals surface area (Å²) < 4.78 is 11.3. The molecule has 1 aliphatic carbocycles. The van der Waals surface area contributed by atoms with Crippen molar-refractivity contribution in [1.82, 2.24) is 10.2 Å². The van der Waals surface area contributed by atoms with Gasteiger partial charge in [-0.1, -0.05) is 26.2 Å². The Morgan fingerprint density at radius 2 is 2.11 bits per heavy atom. The van der Waals surface area contributed by atoms with E-state index in [4.69, 9.17) is 9.15 Å². The van der Waals surface area contributed by atoms with Crippen molar-refractivity contribution in [3.63, 3.8) is 0 Å². The van der Waals surface area contributed by atoms with Crippen molar-refractivity contribution in [2.75, 3.05) is 19.6 Å². The van der Waals surface area contributed by atoms with Crippen molar-refractivity contribution in [1.29, 1.82) is 0 Å². The Morgan fingerprint density at radius 3 is 2.89 bits per heavy atom. The first-order chi connectivity index (χ1) is 16.7. The van der Waals surface area contributed by atoms with E-state index < -0.39 is 23.2 Å². The molecule has 2 amide bonds. The molecule has 2 fully saturated rings. The first-order valence-corrected chi connectivity index (χ1v) is 12.7. The Hall–Kier alpha value is -2.87. The molecular formula is C27H36N2O6. The summed E-state index contributed by atoms with van der Waals surface area (Å²) >= 11 is 0. The molecule has 35 heavy (non-hydrogen) atoms. The Labute approximate surface area is 205 Å². The summed E-state index contributed by atoms with van der Waals surface area (Å²) in [5.74, 6) is 0.0204. The van der Waals surface area contributed by atoms with Crippen molar-refractivity contribution in [2.24, 2.45) is 5.92 Å². The highest BCUT2D eigenvalue weighted by Crippen LogP contribution is 2.39. The molecule has 3 atom stereocenters. The van der Waals surface area contributed by atoms with Gasteiger partial charge in [0.2, 0.25) is 5.91 Å². The molecule has 2 heterocycles. The number of rotatable bonds is 7. The van der Waals surface area contributed by atoms with Crippen molar-refractivity contribution >= 4 is 22.8 Å². The molecule has 1 saturated heterocycles. The standard InChI is InChI=1S/C27H36N2O6/c1-4-7-19-14-24(31)35-25-17(2)22(10-9-21(19)25)34-18(3)26(32)28-15-23(30)29-13-12-27(33)11-6-5-8-20(27)16-29/h9-10,14,18,20,33H,4-8,11-13,15-16H2,1-3H3,(H,28,32). The third kappa shape index (κ3) is 5.37. The predicted molar refractivity (Wildman–Crippen MR) is 132 cm³/mol. The summed E-state index contributed by atoms with van der Waals surface area (Å²) in [4.78, 5) is 39.2. The topological polar surface area (TPSA) is 109 Å².